The molecular weight excluding hydrogens is 457 g/mol. The summed E-state index contributed by atoms with van der Waals surface area (Å²) in [6.07, 6.45) is 15.7. The van der Waals surface area contributed by atoms with Crippen LogP contribution in [0.2, 0.25) is 0 Å². The first kappa shape index (κ1) is 33.5. The molecule has 8 nitrogen and oxygen atoms in total. The molecule has 0 aliphatic heterocycles. The maximum Gasteiger partial charge on any atom is 0.306 e. The highest BCUT2D eigenvalue weighted by atomic mass is 31.2. The first-order valence-electron chi connectivity index (χ1n) is 13.2. The first-order valence-corrected chi connectivity index (χ1v) is 14.6. The van der Waals surface area contributed by atoms with E-state index in [0.717, 1.165) is 19.3 Å². The van der Waals surface area contributed by atoms with Gasteiger partial charge in [0.2, 0.25) is 0 Å². The number of ether oxygens (including phenoxy) is 2. The Morgan fingerprint density at radius 3 is 1.79 bits per heavy atom. The van der Waals surface area contributed by atoms with Crippen LogP contribution in [-0.4, -0.2) is 71.2 Å². The number of hydrogen-bond acceptors (Lipinski definition) is 7. The van der Waals surface area contributed by atoms with Crippen LogP contribution in [0.4, 0.5) is 0 Å². The van der Waals surface area contributed by atoms with Crippen LogP contribution in [0.25, 0.3) is 0 Å². The molecule has 0 aromatic heterocycles. The van der Waals surface area contributed by atoms with E-state index in [0.29, 0.717) is 17.4 Å². The van der Waals surface area contributed by atoms with Crippen molar-refractivity contribution in [3.8, 4) is 0 Å². The number of carbonyl (C=O) groups excluding carboxylic acids is 1. The van der Waals surface area contributed by atoms with Crippen molar-refractivity contribution in [3.05, 3.63) is 0 Å². The fourth-order valence-electron chi connectivity index (χ4n) is 3.47. The van der Waals surface area contributed by atoms with E-state index in [2.05, 4.69) is 6.92 Å². The lowest BCUT2D eigenvalue weighted by Crippen LogP contribution is -2.37. The fourth-order valence-corrected chi connectivity index (χ4v) is 4.20. The number of esters is 1. The van der Waals surface area contributed by atoms with Crippen LogP contribution in [0.1, 0.15) is 96.8 Å². The van der Waals surface area contributed by atoms with Crippen molar-refractivity contribution in [2.75, 3.05) is 54.6 Å². The van der Waals surface area contributed by atoms with Gasteiger partial charge in [-0.25, -0.2) is 0 Å². The zero-order valence-electron chi connectivity index (χ0n) is 22.6. The van der Waals surface area contributed by atoms with Gasteiger partial charge in [-0.2, -0.15) is 0 Å². The molecule has 0 fully saturated rings. The number of phosphoric acid groups is 1. The van der Waals surface area contributed by atoms with Crippen LogP contribution in [0.3, 0.4) is 0 Å². The van der Waals surface area contributed by atoms with Crippen LogP contribution < -0.4 is 4.89 Å². The smallest absolute Gasteiger partial charge is 0.306 e. The molecule has 0 radical (unpaired) electrons. The average molecular weight is 510 g/mol. The second-order valence-electron chi connectivity index (χ2n) is 10.1. The second-order valence-corrected chi connectivity index (χ2v) is 11.6. The van der Waals surface area contributed by atoms with Crippen LogP contribution in [0.15, 0.2) is 0 Å². The minimum Gasteiger partial charge on any atom is -0.756 e. The average Bonchev–Trinajstić information content (AvgIpc) is 2.74. The molecule has 0 aliphatic carbocycles. The summed E-state index contributed by atoms with van der Waals surface area (Å²) in [6, 6.07) is 0. The van der Waals surface area contributed by atoms with Gasteiger partial charge in [0.1, 0.15) is 19.3 Å². The molecule has 0 N–H and O–H groups in total. The van der Waals surface area contributed by atoms with Gasteiger partial charge in [-0.1, -0.05) is 84.0 Å². The molecule has 204 valence electrons. The third kappa shape index (κ3) is 23.3. The molecule has 9 heteroatoms. The Bertz CT molecular complexity index is 540. The Morgan fingerprint density at radius 1 is 0.824 bits per heavy atom. The normalized spacial score (nSPS) is 14.6. The SMILES string of the molecule is CCCCCCCCCCCCCCCC(=O)O[C@H](COC)COP(=O)([O-])OCC[N+](C)(C)C. The van der Waals surface area contributed by atoms with E-state index in [1.54, 1.807) is 0 Å². The van der Waals surface area contributed by atoms with Gasteiger partial charge in [0, 0.05) is 13.5 Å². The predicted octanol–water partition coefficient (Wildman–Crippen LogP) is 5.23. The van der Waals surface area contributed by atoms with Crippen LogP contribution in [0.5, 0.6) is 0 Å². The Hall–Kier alpha value is -0.500. The second kappa shape index (κ2) is 20.7. The molecule has 0 amide bonds. The molecule has 0 spiro atoms. The van der Waals surface area contributed by atoms with Crippen molar-refractivity contribution in [3.63, 3.8) is 0 Å². The van der Waals surface area contributed by atoms with Gasteiger partial charge >= 0.3 is 5.97 Å². The highest BCUT2D eigenvalue weighted by Crippen LogP contribution is 2.38. The number of phosphoric ester groups is 1. The Morgan fingerprint density at radius 2 is 1.32 bits per heavy atom. The summed E-state index contributed by atoms with van der Waals surface area (Å²) >= 11 is 0. The van der Waals surface area contributed by atoms with E-state index in [1.807, 2.05) is 21.1 Å². The monoisotopic (exact) mass is 509 g/mol. The third-order valence-electron chi connectivity index (χ3n) is 5.57. The first-order chi connectivity index (χ1) is 16.1. The maximum absolute atomic E-state index is 12.1. The Balaban J connectivity index is 3.86. The van der Waals surface area contributed by atoms with Crippen LogP contribution in [-0.2, 0) is 27.9 Å². The molecule has 1 unspecified atom stereocenters. The fraction of sp³-hybridized carbons (Fsp3) is 0.960. The lowest BCUT2D eigenvalue weighted by molar-refractivity contribution is -0.870. The largest absolute Gasteiger partial charge is 0.756 e. The minimum atomic E-state index is -4.46. The number of nitrogens with zero attached hydrogens (tertiary/aromatic N) is 1. The summed E-state index contributed by atoms with van der Waals surface area (Å²) in [5.74, 6) is -0.361. The number of unbranched alkanes of at least 4 members (excludes halogenated alkanes) is 12. The van der Waals surface area contributed by atoms with Gasteiger partial charge in [-0.15, -0.1) is 0 Å². The van der Waals surface area contributed by atoms with Crippen molar-refractivity contribution < 1.29 is 37.3 Å². The minimum absolute atomic E-state index is 0.0259. The molecule has 0 saturated heterocycles. The topological polar surface area (TPSA) is 94.1 Å². The van der Waals surface area contributed by atoms with Crippen LogP contribution >= 0.6 is 7.82 Å². The number of likely N-dealkylation sites (N-methyl/N-ethyl adjacent to an activating group) is 1. The quantitative estimate of drug-likeness (QED) is 0.0761. The lowest BCUT2D eigenvalue weighted by atomic mass is 10.0. The number of rotatable bonds is 24. The molecule has 0 rings (SSSR count). The van der Waals surface area contributed by atoms with Gasteiger partial charge in [0.15, 0.2) is 0 Å². The summed E-state index contributed by atoms with van der Waals surface area (Å²) in [4.78, 5) is 24.0. The highest BCUT2D eigenvalue weighted by molar-refractivity contribution is 7.45. The van der Waals surface area contributed by atoms with E-state index < -0.39 is 13.9 Å². The molecule has 0 aromatic rings. The number of hydrogen-bond donors (Lipinski definition) is 0. The van der Waals surface area contributed by atoms with Crippen molar-refractivity contribution in [1.82, 2.24) is 0 Å². The molecule has 0 saturated carbocycles. The molecule has 0 aromatic carbocycles. The number of carbonyl (C=O) groups is 1. The number of quaternary nitrogens is 1. The van der Waals surface area contributed by atoms with Crippen molar-refractivity contribution >= 4 is 13.8 Å². The summed E-state index contributed by atoms with van der Waals surface area (Å²) in [5, 5.41) is 0. The molecule has 0 bridgehead atoms. The zero-order valence-corrected chi connectivity index (χ0v) is 23.5. The van der Waals surface area contributed by atoms with Crippen molar-refractivity contribution in [2.45, 2.75) is 103 Å². The summed E-state index contributed by atoms with van der Waals surface area (Å²) in [7, 11) is 2.81. The standard InChI is InChI=1S/C25H52NO7P/c1-6-7-8-9-10-11-12-13-14-15-16-17-18-19-25(27)33-24(22-30-5)23-32-34(28,29)31-21-20-26(2,3)4/h24H,6-23H2,1-5H3/t24-/m1/s1. The summed E-state index contributed by atoms with van der Waals surface area (Å²) in [6.45, 7) is 2.54. The molecule has 2 atom stereocenters. The molecular formula is C25H52NO7P. The third-order valence-corrected chi connectivity index (χ3v) is 6.53. The highest BCUT2D eigenvalue weighted by Gasteiger charge is 2.19. The van der Waals surface area contributed by atoms with E-state index in [1.165, 1.54) is 71.3 Å². The van der Waals surface area contributed by atoms with Crippen LogP contribution in [0, 0.1) is 0 Å². The maximum atomic E-state index is 12.1. The van der Waals surface area contributed by atoms with Crippen molar-refractivity contribution in [2.24, 2.45) is 0 Å². The van der Waals surface area contributed by atoms with Gasteiger partial charge in [0.05, 0.1) is 34.4 Å². The number of methoxy groups -OCH3 is 1. The van der Waals surface area contributed by atoms with Gasteiger partial charge in [-0.3, -0.25) is 9.36 Å². The van der Waals surface area contributed by atoms with E-state index >= 15 is 0 Å². The Kier molecular flexibility index (Phi) is 20.4. The van der Waals surface area contributed by atoms with E-state index in [4.69, 9.17) is 18.5 Å². The molecule has 0 heterocycles. The van der Waals surface area contributed by atoms with Gasteiger partial charge in [0.25, 0.3) is 7.82 Å². The molecule has 34 heavy (non-hydrogen) atoms. The predicted molar refractivity (Wildman–Crippen MR) is 134 cm³/mol. The van der Waals surface area contributed by atoms with Crippen molar-refractivity contribution in [1.29, 1.82) is 0 Å². The Labute approximate surface area is 208 Å². The van der Waals surface area contributed by atoms with E-state index in [9.17, 15) is 14.3 Å². The lowest BCUT2D eigenvalue weighted by Gasteiger charge is -2.28. The van der Waals surface area contributed by atoms with Gasteiger partial charge < -0.3 is 27.9 Å². The van der Waals surface area contributed by atoms with E-state index in [-0.39, 0.29) is 25.8 Å². The summed E-state index contributed by atoms with van der Waals surface area (Å²) < 4.78 is 32.6. The van der Waals surface area contributed by atoms with Gasteiger partial charge in [-0.05, 0) is 6.42 Å². The summed E-state index contributed by atoms with van der Waals surface area (Å²) in [5.41, 5.74) is 0. The zero-order chi connectivity index (χ0) is 25.7. The molecule has 0 aliphatic rings.